The summed E-state index contributed by atoms with van der Waals surface area (Å²) in [5.74, 6) is 0.526. The molecular weight excluding hydrogens is 255 g/mol. The van der Waals surface area contributed by atoms with E-state index in [2.05, 4.69) is 13.8 Å². The maximum atomic E-state index is 14.0. The first kappa shape index (κ1) is 12.9. The van der Waals surface area contributed by atoms with Gasteiger partial charge in [0.25, 0.3) is 0 Å². The van der Waals surface area contributed by atoms with Crippen molar-refractivity contribution in [2.75, 3.05) is 6.61 Å². The third-order valence-electron chi connectivity index (χ3n) is 3.73. The van der Waals surface area contributed by atoms with Crippen LogP contribution >= 0.6 is 0 Å². The number of carbonyl (C=O) groups is 1. The molecule has 102 valence electrons. The van der Waals surface area contributed by atoms with Gasteiger partial charge in [0.1, 0.15) is 17.9 Å². The lowest BCUT2D eigenvalue weighted by molar-refractivity contribution is 0.112. The van der Waals surface area contributed by atoms with Crippen LogP contribution < -0.4 is 4.74 Å². The zero-order valence-electron chi connectivity index (χ0n) is 11.4. The molecule has 2 aromatic carbocycles. The van der Waals surface area contributed by atoms with E-state index in [1.807, 2.05) is 18.2 Å². The van der Waals surface area contributed by atoms with E-state index in [0.717, 1.165) is 23.2 Å². The molecule has 0 aliphatic carbocycles. The number of hydrogen-bond donors (Lipinski definition) is 0. The fourth-order valence-electron chi connectivity index (χ4n) is 2.53. The van der Waals surface area contributed by atoms with E-state index in [1.54, 1.807) is 6.07 Å². The van der Waals surface area contributed by atoms with Crippen LogP contribution in [0.3, 0.4) is 0 Å². The second-order valence-corrected chi connectivity index (χ2v) is 5.74. The van der Waals surface area contributed by atoms with Crippen LogP contribution in [0, 0.1) is 5.82 Å². The van der Waals surface area contributed by atoms with Crippen LogP contribution in [0.2, 0.25) is 0 Å². The van der Waals surface area contributed by atoms with E-state index in [9.17, 15) is 9.18 Å². The number of halogens is 1. The summed E-state index contributed by atoms with van der Waals surface area (Å²) < 4.78 is 19.6. The smallest absolute Gasteiger partial charge is 0.150 e. The topological polar surface area (TPSA) is 26.3 Å². The largest absolute Gasteiger partial charge is 0.492 e. The van der Waals surface area contributed by atoms with Gasteiger partial charge in [-0.05, 0) is 35.9 Å². The Kier molecular flexibility index (Phi) is 2.85. The SMILES string of the molecule is CC1(C)COc2ccc(-c3cc(C=O)ccc3F)cc21. The van der Waals surface area contributed by atoms with Gasteiger partial charge in [0.05, 0.1) is 6.61 Å². The molecule has 2 aromatic rings. The average molecular weight is 270 g/mol. The monoisotopic (exact) mass is 270 g/mol. The Balaban J connectivity index is 2.15. The van der Waals surface area contributed by atoms with Gasteiger partial charge in [-0.3, -0.25) is 4.79 Å². The fourth-order valence-corrected chi connectivity index (χ4v) is 2.53. The number of aldehydes is 1. The van der Waals surface area contributed by atoms with E-state index in [0.29, 0.717) is 17.7 Å². The van der Waals surface area contributed by atoms with E-state index >= 15 is 0 Å². The summed E-state index contributed by atoms with van der Waals surface area (Å²) in [5, 5.41) is 0. The maximum absolute atomic E-state index is 14.0. The molecule has 0 N–H and O–H groups in total. The highest BCUT2D eigenvalue weighted by atomic mass is 19.1. The number of carbonyl (C=O) groups excluding carboxylic acids is 1. The molecular formula is C17H15FO2. The molecule has 1 aliphatic rings. The van der Waals surface area contributed by atoms with Crippen LogP contribution in [0.5, 0.6) is 5.75 Å². The Morgan fingerprint density at radius 2 is 2.00 bits per heavy atom. The molecule has 1 heterocycles. The number of ether oxygens (including phenoxy) is 1. The third kappa shape index (κ3) is 1.99. The van der Waals surface area contributed by atoms with Crippen molar-refractivity contribution in [3.05, 3.63) is 53.3 Å². The number of hydrogen-bond acceptors (Lipinski definition) is 2. The molecule has 0 aromatic heterocycles. The quantitative estimate of drug-likeness (QED) is 0.772. The highest BCUT2D eigenvalue weighted by Crippen LogP contribution is 2.40. The molecule has 0 atom stereocenters. The maximum Gasteiger partial charge on any atom is 0.150 e. The molecule has 1 aliphatic heterocycles. The summed E-state index contributed by atoms with van der Waals surface area (Å²) in [4.78, 5) is 10.8. The lowest BCUT2D eigenvalue weighted by atomic mass is 9.85. The van der Waals surface area contributed by atoms with Gasteiger partial charge in [0, 0.05) is 22.1 Å². The lowest BCUT2D eigenvalue weighted by Gasteiger charge is -2.16. The first-order chi connectivity index (χ1) is 9.51. The van der Waals surface area contributed by atoms with Crippen molar-refractivity contribution in [3.63, 3.8) is 0 Å². The Labute approximate surface area is 117 Å². The predicted octanol–water partition coefficient (Wildman–Crippen LogP) is 3.98. The normalized spacial score (nSPS) is 15.6. The van der Waals surface area contributed by atoms with Crippen LogP contribution in [0.25, 0.3) is 11.1 Å². The van der Waals surface area contributed by atoms with Crippen molar-refractivity contribution in [1.82, 2.24) is 0 Å². The minimum atomic E-state index is -0.327. The summed E-state index contributed by atoms with van der Waals surface area (Å²) in [6, 6.07) is 10.0. The minimum Gasteiger partial charge on any atom is -0.492 e. The zero-order chi connectivity index (χ0) is 14.3. The van der Waals surface area contributed by atoms with Gasteiger partial charge in [-0.1, -0.05) is 19.9 Å². The van der Waals surface area contributed by atoms with E-state index in [4.69, 9.17) is 4.74 Å². The molecule has 3 heteroatoms. The van der Waals surface area contributed by atoms with Crippen LogP contribution in [0.1, 0.15) is 29.8 Å². The third-order valence-corrected chi connectivity index (χ3v) is 3.73. The second-order valence-electron chi connectivity index (χ2n) is 5.74. The molecule has 0 unspecified atom stereocenters. The van der Waals surface area contributed by atoms with Gasteiger partial charge in [-0.2, -0.15) is 0 Å². The summed E-state index contributed by atoms with van der Waals surface area (Å²) in [7, 11) is 0. The van der Waals surface area contributed by atoms with Crippen molar-refractivity contribution in [1.29, 1.82) is 0 Å². The highest BCUT2D eigenvalue weighted by molar-refractivity contribution is 5.79. The first-order valence-corrected chi connectivity index (χ1v) is 6.54. The molecule has 0 saturated carbocycles. The second kappa shape index (κ2) is 4.44. The average Bonchev–Trinajstić information content (AvgIpc) is 2.75. The van der Waals surface area contributed by atoms with Gasteiger partial charge in [0.15, 0.2) is 0 Å². The molecule has 20 heavy (non-hydrogen) atoms. The summed E-state index contributed by atoms with van der Waals surface area (Å²) >= 11 is 0. The molecule has 0 fully saturated rings. The van der Waals surface area contributed by atoms with Gasteiger partial charge < -0.3 is 4.74 Å². The van der Waals surface area contributed by atoms with E-state index in [-0.39, 0.29) is 11.2 Å². The molecule has 0 amide bonds. The lowest BCUT2D eigenvalue weighted by Crippen LogP contribution is -2.18. The standard InChI is InChI=1S/C17H15FO2/c1-17(2)10-20-16-6-4-12(8-14(16)17)13-7-11(9-19)3-5-15(13)18/h3-9H,10H2,1-2H3. The summed E-state index contributed by atoms with van der Waals surface area (Å²) in [5.41, 5.74) is 2.68. The summed E-state index contributed by atoms with van der Waals surface area (Å²) in [6.45, 7) is 4.82. The van der Waals surface area contributed by atoms with Crippen molar-refractivity contribution >= 4 is 6.29 Å². The van der Waals surface area contributed by atoms with Gasteiger partial charge in [0.2, 0.25) is 0 Å². The van der Waals surface area contributed by atoms with Gasteiger partial charge >= 0.3 is 0 Å². The minimum absolute atomic E-state index is 0.0793. The summed E-state index contributed by atoms with van der Waals surface area (Å²) in [6.07, 6.45) is 0.726. The molecule has 0 radical (unpaired) electrons. The van der Waals surface area contributed by atoms with Crippen molar-refractivity contribution in [2.45, 2.75) is 19.3 Å². The van der Waals surface area contributed by atoms with Gasteiger partial charge in [-0.25, -0.2) is 4.39 Å². The Bertz CT molecular complexity index is 689. The molecule has 0 saturated heterocycles. The number of benzene rings is 2. The number of rotatable bonds is 2. The van der Waals surface area contributed by atoms with Crippen LogP contribution in [0.4, 0.5) is 4.39 Å². The van der Waals surface area contributed by atoms with Crippen LogP contribution in [-0.2, 0) is 5.41 Å². The number of fused-ring (bicyclic) bond motifs is 1. The molecule has 2 nitrogen and oxygen atoms in total. The predicted molar refractivity (Wildman–Crippen MR) is 75.7 cm³/mol. The molecule has 0 spiro atoms. The highest BCUT2D eigenvalue weighted by Gasteiger charge is 2.32. The molecule has 0 bridgehead atoms. The van der Waals surface area contributed by atoms with Crippen molar-refractivity contribution in [2.24, 2.45) is 0 Å². The Hall–Kier alpha value is -2.16. The Morgan fingerprint density at radius 3 is 2.75 bits per heavy atom. The van der Waals surface area contributed by atoms with Crippen LogP contribution in [0.15, 0.2) is 36.4 Å². The van der Waals surface area contributed by atoms with E-state index in [1.165, 1.54) is 12.1 Å². The molecule has 3 rings (SSSR count). The first-order valence-electron chi connectivity index (χ1n) is 6.54. The fraction of sp³-hybridized carbons (Fsp3) is 0.235. The van der Waals surface area contributed by atoms with Crippen molar-refractivity contribution < 1.29 is 13.9 Å². The van der Waals surface area contributed by atoms with Gasteiger partial charge in [-0.15, -0.1) is 0 Å². The Morgan fingerprint density at radius 1 is 1.20 bits per heavy atom. The van der Waals surface area contributed by atoms with Crippen LogP contribution in [-0.4, -0.2) is 12.9 Å². The zero-order valence-corrected chi connectivity index (χ0v) is 11.4. The van der Waals surface area contributed by atoms with Crippen molar-refractivity contribution in [3.8, 4) is 16.9 Å². The van der Waals surface area contributed by atoms with E-state index < -0.39 is 0 Å².